The lowest BCUT2D eigenvalue weighted by Crippen LogP contribution is -2.56. The average molecular weight is 447 g/mol. The van der Waals surface area contributed by atoms with Crippen molar-refractivity contribution in [2.45, 2.75) is 110 Å². The maximum Gasteiger partial charge on any atom is 0.0757 e. The molecule has 0 heterocycles. The highest BCUT2D eigenvalue weighted by atomic mass is 16.3. The van der Waals surface area contributed by atoms with Gasteiger partial charge in [-0.2, -0.15) is 0 Å². The third-order valence-corrected chi connectivity index (χ3v) is 10.6. The van der Waals surface area contributed by atoms with Crippen molar-refractivity contribution >= 4 is 0 Å². The zero-order valence-corrected chi connectivity index (χ0v) is 20.8. The van der Waals surface area contributed by atoms with Crippen molar-refractivity contribution in [3.8, 4) is 0 Å². The van der Waals surface area contributed by atoms with Crippen LogP contribution in [0.3, 0.4) is 0 Å². The van der Waals surface area contributed by atoms with Gasteiger partial charge in [-0.15, -0.1) is 0 Å². The molecule has 32 heavy (non-hydrogen) atoms. The highest BCUT2D eigenvalue weighted by Gasteiger charge is 2.65. The zero-order valence-electron chi connectivity index (χ0n) is 20.8. The van der Waals surface area contributed by atoms with Crippen LogP contribution in [0.2, 0.25) is 0 Å². The van der Waals surface area contributed by atoms with Gasteiger partial charge in [0, 0.05) is 5.92 Å². The van der Waals surface area contributed by atoms with Gasteiger partial charge in [0.15, 0.2) is 0 Å². The van der Waals surface area contributed by atoms with E-state index in [9.17, 15) is 20.4 Å². The molecule has 3 fully saturated rings. The first-order chi connectivity index (χ1) is 14.8. The number of aliphatic hydroxyl groups is 4. The molecule has 4 rings (SSSR count). The molecule has 0 spiro atoms. The minimum absolute atomic E-state index is 0.0328. The topological polar surface area (TPSA) is 80.9 Å². The second-order valence-corrected chi connectivity index (χ2v) is 12.8. The predicted molar refractivity (Wildman–Crippen MR) is 128 cm³/mol. The summed E-state index contributed by atoms with van der Waals surface area (Å²) in [6.45, 7) is 15.0. The van der Waals surface area contributed by atoms with Crippen molar-refractivity contribution in [2.24, 2.45) is 40.4 Å². The molecule has 0 aromatic rings. The summed E-state index contributed by atoms with van der Waals surface area (Å²) >= 11 is 0. The summed E-state index contributed by atoms with van der Waals surface area (Å²) in [4.78, 5) is 0. The fourth-order valence-electron chi connectivity index (χ4n) is 8.63. The van der Waals surface area contributed by atoms with Crippen molar-refractivity contribution in [2.75, 3.05) is 0 Å². The van der Waals surface area contributed by atoms with E-state index in [-0.39, 0.29) is 34.7 Å². The van der Waals surface area contributed by atoms with E-state index >= 15 is 0 Å². The van der Waals surface area contributed by atoms with Gasteiger partial charge in [0.05, 0.1) is 23.9 Å². The molecule has 0 aliphatic heterocycles. The molecule has 0 bridgehead atoms. The summed E-state index contributed by atoms with van der Waals surface area (Å²) in [5.74, 6) is 0.877. The van der Waals surface area contributed by atoms with Crippen LogP contribution < -0.4 is 0 Å². The minimum Gasteiger partial charge on any atom is -0.393 e. The van der Waals surface area contributed by atoms with Gasteiger partial charge in [-0.3, -0.25) is 0 Å². The fraction of sp³-hybridized carbons (Fsp3) is 0.857. The first-order valence-electron chi connectivity index (χ1n) is 13.0. The molecular formula is C28H46O4. The summed E-state index contributed by atoms with van der Waals surface area (Å²) in [7, 11) is 0. The van der Waals surface area contributed by atoms with Gasteiger partial charge in [0.1, 0.15) is 0 Å². The summed E-state index contributed by atoms with van der Waals surface area (Å²) in [5, 5.41) is 44.5. The minimum atomic E-state index is -0.965. The summed E-state index contributed by atoms with van der Waals surface area (Å²) < 4.78 is 0. The van der Waals surface area contributed by atoms with E-state index in [1.54, 1.807) is 0 Å². The molecule has 4 N–H and O–H groups in total. The molecule has 0 aromatic carbocycles. The Balaban J connectivity index is 1.62. The van der Waals surface area contributed by atoms with Gasteiger partial charge in [-0.05, 0) is 92.8 Å². The van der Waals surface area contributed by atoms with Crippen molar-refractivity contribution in [3.05, 3.63) is 23.8 Å². The van der Waals surface area contributed by atoms with Crippen molar-refractivity contribution in [1.29, 1.82) is 0 Å². The monoisotopic (exact) mass is 446 g/mol. The van der Waals surface area contributed by atoms with Crippen LogP contribution in [-0.2, 0) is 0 Å². The fourth-order valence-corrected chi connectivity index (χ4v) is 8.63. The molecule has 3 saturated carbocycles. The lowest BCUT2D eigenvalue weighted by molar-refractivity contribution is -0.136. The summed E-state index contributed by atoms with van der Waals surface area (Å²) in [6.07, 6.45) is 7.17. The summed E-state index contributed by atoms with van der Waals surface area (Å²) in [6, 6.07) is 0. The van der Waals surface area contributed by atoms with Crippen LogP contribution in [0, 0.1) is 40.4 Å². The Hall–Kier alpha value is -0.680. The second kappa shape index (κ2) is 8.22. The van der Waals surface area contributed by atoms with Crippen molar-refractivity contribution in [1.82, 2.24) is 0 Å². The zero-order chi connectivity index (χ0) is 23.6. The van der Waals surface area contributed by atoms with Crippen LogP contribution >= 0.6 is 0 Å². The maximum absolute atomic E-state index is 11.6. The molecule has 4 nitrogen and oxygen atoms in total. The van der Waals surface area contributed by atoms with E-state index in [4.69, 9.17) is 0 Å². The number of allylic oxidation sites excluding steroid dienone is 1. The van der Waals surface area contributed by atoms with Crippen LogP contribution in [-0.4, -0.2) is 44.3 Å². The highest BCUT2D eigenvalue weighted by Crippen LogP contribution is 2.67. The van der Waals surface area contributed by atoms with Crippen LogP contribution in [0.15, 0.2) is 23.8 Å². The van der Waals surface area contributed by atoms with Gasteiger partial charge >= 0.3 is 0 Å². The third-order valence-electron chi connectivity index (χ3n) is 10.6. The van der Waals surface area contributed by atoms with Crippen molar-refractivity contribution in [3.63, 3.8) is 0 Å². The number of rotatable bonds is 5. The Morgan fingerprint density at radius 3 is 2.50 bits per heavy atom. The molecule has 182 valence electrons. The van der Waals surface area contributed by atoms with Crippen molar-refractivity contribution < 1.29 is 20.4 Å². The van der Waals surface area contributed by atoms with E-state index in [0.717, 1.165) is 37.7 Å². The smallest absolute Gasteiger partial charge is 0.0757 e. The first kappa shape index (κ1) is 24.4. The number of fused-ring (bicyclic) bond motifs is 5. The van der Waals surface area contributed by atoms with Gasteiger partial charge in [0.2, 0.25) is 0 Å². The van der Waals surface area contributed by atoms with E-state index in [1.165, 1.54) is 5.57 Å². The quantitative estimate of drug-likeness (QED) is 0.465. The largest absolute Gasteiger partial charge is 0.393 e. The molecule has 4 aliphatic carbocycles. The Labute approximate surface area is 194 Å². The SMILES string of the molecule is C=C(CC[C@](C)(O)[C@H]1[C@@H](O)C[C@H]2[C@@H]3[C@H](O)C=C4C[C@@H](O)CC[C@]4(C)[C@H]3CC[C@@]21C)C(C)C. The molecule has 0 saturated heterocycles. The lowest BCUT2D eigenvalue weighted by atomic mass is 9.46. The van der Waals surface area contributed by atoms with E-state index in [1.807, 2.05) is 13.0 Å². The molecular weight excluding hydrogens is 400 g/mol. The van der Waals surface area contributed by atoms with Gasteiger partial charge in [-0.1, -0.05) is 51.5 Å². The van der Waals surface area contributed by atoms with Crippen LogP contribution in [0.5, 0.6) is 0 Å². The molecule has 4 heteroatoms. The Kier molecular flexibility index (Phi) is 6.28. The normalized spacial score (nSPS) is 47.8. The average Bonchev–Trinajstić information content (AvgIpc) is 2.98. The Morgan fingerprint density at radius 2 is 1.84 bits per heavy atom. The standard InChI is InChI=1S/C28H46O4/c1-16(2)17(3)7-12-28(6,32)25-23(31)15-21-24-20(9-11-27(21,25)5)26(4)10-8-19(29)13-18(26)14-22(24)30/h14,16,19-25,29-32H,3,7-13,15H2,1-2,4-6H3/t19-,20-,21-,22+,23-,24+,25-,26-,27-,28-/m0/s1. The molecule has 4 aliphatic rings. The van der Waals surface area contributed by atoms with Gasteiger partial charge < -0.3 is 20.4 Å². The maximum atomic E-state index is 11.6. The van der Waals surface area contributed by atoms with E-state index < -0.39 is 17.8 Å². The van der Waals surface area contributed by atoms with E-state index in [0.29, 0.717) is 31.1 Å². The van der Waals surface area contributed by atoms with Gasteiger partial charge in [0.25, 0.3) is 0 Å². The van der Waals surface area contributed by atoms with Crippen LogP contribution in [0.4, 0.5) is 0 Å². The predicted octanol–water partition coefficient (Wildman–Crippen LogP) is 4.61. The highest BCUT2D eigenvalue weighted by molar-refractivity contribution is 5.28. The van der Waals surface area contributed by atoms with Crippen LogP contribution in [0.1, 0.15) is 86.0 Å². The number of hydrogen-bond acceptors (Lipinski definition) is 4. The molecule has 10 atom stereocenters. The van der Waals surface area contributed by atoms with E-state index in [2.05, 4.69) is 34.3 Å². The van der Waals surface area contributed by atoms with Crippen LogP contribution in [0.25, 0.3) is 0 Å². The first-order valence-corrected chi connectivity index (χ1v) is 13.0. The van der Waals surface area contributed by atoms with Gasteiger partial charge in [-0.25, -0.2) is 0 Å². The Morgan fingerprint density at radius 1 is 1.16 bits per heavy atom. The third kappa shape index (κ3) is 3.74. The second-order valence-electron chi connectivity index (χ2n) is 12.8. The number of aliphatic hydroxyl groups excluding tert-OH is 3. The number of hydrogen-bond donors (Lipinski definition) is 4. The molecule has 0 aromatic heterocycles. The Bertz CT molecular complexity index is 769. The molecule has 0 unspecified atom stereocenters. The lowest BCUT2D eigenvalue weighted by Gasteiger charge is -2.59. The molecule has 0 amide bonds. The summed E-state index contributed by atoms with van der Waals surface area (Å²) in [5.41, 5.74) is 1.26. The molecule has 0 radical (unpaired) electrons.